The fraction of sp³-hybridized carbons (Fsp3) is 0.857. The predicted octanol–water partition coefficient (Wildman–Crippen LogP) is 2.03. The van der Waals surface area contributed by atoms with E-state index in [1.54, 1.807) is 0 Å². The average Bonchev–Trinajstić information content (AvgIpc) is 2.36. The minimum absolute atomic E-state index is 0.119. The van der Waals surface area contributed by atoms with Crippen molar-refractivity contribution in [3.63, 3.8) is 0 Å². The molecule has 18 heavy (non-hydrogen) atoms. The van der Waals surface area contributed by atoms with Crippen LogP contribution in [0.4, 0.5) is 0 Å². The summed E-state index contributed by atoms with van der Waals surface area (Å²) in [4.78, 5) is 23.9. The Morgan fingerprint density at radius 1 is 1.17 bits per heavy atom. The molecule has 0 saturated heterocycles. The van der Waals surface area contributed by atoms with Crippen LogP contribution in [0.15, 0.2) is 0 Å². The molecular weight excluding hydrogens is 230 g/mol. The first-order valence-electron chi connectivity index (χ1n) is 7.06. The van der Waals surface area contributed by atoms with Crippen molar-refractivity contribution in [2.24, 2.45) is 11.3 Å². The standard InChI is InChI=1S/C14H23NO3/c1-18-13(17)14(8-5-9-14)12(16)15-10-11-6-3-2-4-7-11/h11H,2-10H2,1H3,(H,15,16). The smallest absolute Gasteiger partial charge is 0.321 e. The van der Waals surface area contributed by atoms with Gasteiger partial charge >= 0.3 is 5.97 Å². The van der Waals surface area contributed by atoms with Crippen LogP contribution >= 0.6 is 0 Å². The summed E-state index contributed by atoms with van der Waals surface area (Å²) in [6.07, 6.45) is 8.46. The fourth-order valence-electron chi connectivity index (χ4n) is 3.05. The molecule has 0 atom stereocenters. The topological polar surface area (TPSA) is 55.4 Å². The molecule has 0 aromatic heterocycles. The first-order valence-corrected chi connectivity index (χ1v) is 7.06. The highest BCUT2D eigenvalue weighted by Crippen LogP contribution is 2.42. The zero-order valence-corrected chi connectivity index (χ0v) is 11.2. The summed E-state index contributed by atoms with van der Waals surface area (Å²) in [5.74, 6) is 0.110. The van der Waals surface area contributed by atoms with Gasteiger partial charge in [-0.25, -0.2) is 0 Å². The van der Waals surface area contributed by atoms with Gasteiger partial charge in [0.25, 0.3) is 0 Å². The molecule has 0 aromatic carbocycles. The highest BCUT2D eigenvalue weighted by Gasteiger charge is 2.51. The van der Waals surface area contributed by atoms with Crippen LogP contribution in [-0.2, 0) is 14.3 Å². The minimum Gasteiger partial charge on any atom is -0.468 e. The Balaban J connectivity index is 1.84. The van der Waals surface area contributed by atoms with Crippen LogP contribution < -0.4 is 5.32 Å². The van der Waals surface area contributed by atoms with Crippen LogP contribution in [0.1, 0.15) is 51.4 Å². The predicted molar refractivity (Wildman–Crippen MR) is 67.9 cm³/mol. The maximum atomic E-state index is 12.2. The molecule has 1 amide bonds. The molecule has 2 aliphatic rings. The van der Waals surface area contributed by atoms with E-state index in [1.807, 2.05) is 0 Å². The third-order valence-corrected chi connectivity index (χ3v) is 4.49. The summed E-state index contributed by atoms with van der Waals surface area (Å²) in [5, 5.41) is 2.97. The molecule has 2 rings (SSSR count). The molecule has 0 bridgehead atoms. The number of rotatable bonds is 4. The van der Waals surface area contributed by atoms with Crippen LogP contribution in [0.5, 0.6) is 0 Å². The van der Waals surface area contributed by atoms with E-state index in [0.717, 1.165) is 13.0 Å². The lowest BCUT2D eigenvalue weighted by Crippen LogP contribution is -2.52. The van der Waals surface area contributed by atoms with Crippen LogP contribution in [0.2, 0.25) is 0 Å². The zero-order valence-electron chi connectivity index (χ0n) is 11.2. The number of carbonyl (C=O) groups excluding carboxylic acids is 2. The Bertz CT molecular complexity index is 317. The number of amides is 1. The highest BCUT2D eigenvalue weighted by molar-refractivity contribution is 6.03. The van der Waals surface area contributed by atoms with E-state index in [1.165, 1.54) is 39.2 Å². The summed E-state index contributed by atoms with van der Waals surface area (Å²) in [6, 6.07) is 0. The summed E-state index contributed by atoms with van der Waals surface area (Å²) in [7, 11) is 1.36. The Morgan fingerprint density at radius 3 is 2.33 bits per heavy atom. The van der Waals surface area contributed by atoms with Gasteiger partial charge in [0.05, 0.1) is 7.11 Å². The van der Waals surface area contributed by atoms with Gasteiger partial charge in [0.1, 0.15) is 5.41 Å². The molecule has 0 heterocycles. The molecule has 0 aliphatic heterocycles. The van der Waals surface area contributed by atoms with Crippen molar-refractivity contribution in [1.29, 1.82) is 0 Å². The van der Waals surface area contributed by atoms with Crippen molar-refractivity contribution in [1.82, 2.24) is 5.32 Å². The lowest BCUT2D eigenvalue weighted by atomic mass is 9.68. The van der Waals surface area contributed by atoms with Crippen molar-refractivity contribution in [3.05, 3.63) is 0 Å². The molecule has 102 valence electrons. The van der Waals surface area contributed by atoms with E-state index < -0.39 is 5.41 Å². The second-order valence-electron chi connectivity index (χ2n) is 5.64. The first kappa shape index (κ1) is 13.4. The lowest BCUT2D eigenvalue weighted by Gasteiger charge is -2.37. The minimum atomic E-state index is -0.872. The van der Waals surface area contributed by atoms with Crippen molar-refractivity contribution in [2.45, 2.75) is 51.4 Å². The second-order valence-corrected chi connectivity index (χ2v) is 5.64. The monoisotopic (exact) mass is 253 g/mol. The van der Waals surface area contributed by atoms with Crippen LogP contribution in [0, 0.1) is 11.3 Å². The van der Waals surface area contributed by atoms with Gasteiger partial charge in [-0.1, -0.05) is 25.7 Å². The molecule has 4 nitrogen and oxygen atoms in total. The molecule has 0 aromatic rings. The molecule has 1 N–H and O–H groups in total. The van der Waals surface area contributed by atoms with Gasteiger partial charge in [-0.3, -0.25) is 9.59 Å². The van der Waals surface area contributed by atoms with Crippen LogP contribution in [0.3, 0.4) is 0 Å². The zero-order chi connectivity index (χ0) is 13.0. The number of hydrogen-bond donors (Lipinski definition) is 1. The van der Waals surface area contributed by atoms with Crippen LogP contribution in [0.25, 0.3) is 0 Å². The van der Waals surface area contributed by atoms with Gasteiger partial charge in [0.2, 0.25) is 5.91 Å². The Labute approximate surface area is 108 Å². The third-order valence-electron chi connectivity index (χ3n) is 4.49. The normalized spacial score (nSPS) is 22.9. The highest BCUT2D eigenvalue weighted by atomic mass is 16.5. The number of hydrogen-bond acceptors (Lipinski definition) is 3. The average molecular weight is 253 g/mol. The Morgan fingerprint density at radius 2 is 1.83 bits per heavy atom. The van der Waals surface area contributed by atoms with E-state index in [4.69, 9.17) is 4.74 Å². The van der Waals surface area contributed by atoms with Gasteiger partial charge < -0.3 is 10.1 Å². The SMILES string of the molecule is COC(=O)C1(C(=O)NCC2CCCCC2)CCC1. The Hall–Kier alpha value is -1.06. The summed E-state index contributed by atoms with van der Waals surface area (Å²) in [5.41, 5.74) is -0.872. The van der Waals surface area contributed by atoms with E-state index in [9.17, 15) is 9.59 Å². The van der Waals surface area contributed by atoms with Crippen molar-refractivity contribution >= 4 is 11.9 Å². The molecule has 2 saturated carbocycles. The van der Waals surface area contributed by atoms with Gasteiger partial charge in [-0.05, 0) is 31.6 Å². The van der Waals surface area contributed by atoms with Gasteiger partial charge in [-0.2, -0.15) is 0 Å². The maximum absolute atomic E-state index is 12.2. The van der Waals surface area contributed by atoms with Gasteiger partial charge in [0.15, 0.2) is 0 Å². The number of methoxy groups -OCH3 is 1. The number of ether oxygens (including phenoxy) is 1. The summed E-state index contributed by atoms with van der Waals surface area (Å²) in [6.45, 7) is 0.720. The summed E-state index contributed by atoms with van der Waals surface area (Å²) < 4.78 is 4.77. The summed E-state index contributed by atoms with van der Waals surface area (Å²) >= 11 is 0. The molecule has 2 aliphatic carbocycles. The van der Waals surface area contributed by atoms with Crippen molar-refractivity contribution < 1.29 is 14.3 Å². The molecular formula is C14H23NO3. The maximum Gasteiger partial charge on any atom is 0.321 e. The van der Waals surface area contributed by atoms with E-state index in [-0.39, 0.29) is 11.9 Å². The van der Waals surface area contributed by atoms with E-state index in [2.05, 4.69) is 5.32 Å². The second kappa shape index (κ2) is 5.72. The first-order chi connectivity index (χ1) is 8.69. The van der Waals surface area contributed by atoms with E-state index >= 15 is 0 Å². The lowest BCUT2D eigenvalue weighted by molar-refractivity contribution is -0.165. The van der Waals surface area contributed by atoms with E-state index in [0.29, 0.717) is 18.8 Å². The molecule has 0 unspecified atom stereocenters. The van der Waals surface area contributed by atoms with Crippen molar-refractivity contribution in [2.75, 3.05) is 13.7 Å². The number of esters is 1. The van der Waals surface area contributed by atoms with Gasteiger partial charge in [0, 0.05) is 6.54 Å². The quantitative estimate of drug-likeness (QED) is 0.616. The number of nitrogens with one attached hydrogen (secondary N) is 1. The third kappa shape index (κ3) is 2.52. The fourth-order valence-corrected chi connectivity index (χ4v) is 3.05. The Kier molecular flexibility index (Phi) is 4.25. The largest absolute Gasteiger partial charge is 0.468 e. The molecule has 2 fully saturated rings. The molecule has 0 spiro atoms. The molecule has 0 radical (unpaired) electrons. The van der Waals surface area contributed by atoms with Crippen molar-refractivity contribution in [3.8, 4) is 0 Å². The number of carbonyl (C=O) groups is 2. The molecule has 4 heteroatoms. The van der Waals surface area contributed by atoms with Crippen LogP contribution in [-0.4, -0.2) is 25.5 Å². The van der Waals surface area contributed by atoms with Gasteiger partial charge in [-0.15, -0.1) is 0 Å².